The molecule has 5 nitrogen and oxygen atoms in total. The zero-order chi connectivity index (χ0) is 18.1. The summed E-state index contributed by atoms with van der Waals surface area (Å²) in [5, 5.41) is 9.88. The maximum absolute atomic E-state index is 13.3. The Bertz CT molecular complexity index is 623. The summed E-state index contributed by atoms with van der Waals surface area (Å²) in [6.45, 7) is 7.08. The molecule has 1 aromatic carbocycles. The molecule has 1 aromatic rings. The van der Waals surface area contributed by atoms with Crippen molar-refractivity contribution < 1.29 is 9.90 Å². The summed E-state index contributed by atoms with van der Waals surface area (Å²) >= 11 is 0. The molecule has 2 saturated heterocycles. The van der Waals surface area contributed by atoms with Gasteiger partial charge in [0.25, 0.3) is 0 Å². The summed E-state index contributed by atoms with van der Waals surface area (Å²) in [7, 11) is 2.17. The van der Waals surface area contributed by atoms with Gasteiger partial charge in [0.1, 0.15) is 0 Å². The monoisotopic (exact) mass is 357 g/mol. The average Bonchev–Trinajstić information content (AvgIpc) is 3.39. The largest absolute Gasteiger partial charge is 0.396 e. The number of likely N-dealkylation sites (N-methyl/N-ethyl adjacent to an activating group) is 1. The lowest BCUT2D eigenvalue weighted by atomic mass is 9.94. The number of benzene rings is 1. The van der Waals surface area contributed by atoms with Crippen molar-refractivity contribution in [2.75, 3.05) is 59.5 Å². The van der Waals surface area contributed by atoms with Crippen molar-refractivity contribution in [2.24, 2.45) is 11.8 Å². The first-order chi connectivity index (χ1) is 12.6. The Balaban J connectivity index is 1.41. The molecular formula is C21H31N3O2. The van der Waals surface area contributed by atoms with Gasteiger partial charge in [-0.25, -0.2) is 0 Å². The number of amides is 1. The van der Waals surface area contributed by atoms with Crippen LogP contribution in [0.1, 0.15) is 18.4 Å². The Morgan fingerprint density at radius 3 is 2.35 bits per heavy atom. The SMILES string of the molecule is CN1CCN(CC2CN(C(=O)C3(c4ccccc4)CC3)CC2CO)CC1. The highest BCUT2D eigenvalue weighted by Gasteiger charge is 2.54. The van der Waals surface area contributed by atoms with Gasteiger partial charge in [-0.05, 0) is 31.4 Å². The molecule has 2 heterocycles. The van der Waals surface area contributed by atoms with Crippen LogP contribution < -0.4 is 0 Å². The van der Waals surface area contributed by atoms with Crippen LogP contribution in [0, 0.1) is 11.8 Å². The average molecular weight is 357 g/mol. The predicted octanol–water partition coefficient (Wildman–Crippen LogP) is 1.03. The number of carbonyl (C=O) groups is 1. The molecule has 1 N–H and O–H groups in total. The van der Waals surface area contributed by atoms with Crippen molar-refractivity contribution >= 4 is 5.91 Å². The number of hydrogen-bond acceptors (Lipinski definition) is 4. The van der Waals surface area contributed by atoms with E-state index >= 15 is 0 Å². The number of piperazine rings is 1. The number of aliphatic hydroxyl groups is 1. The van der Waals surface area contributed by atoms with Gasteiger partial charge in [0.15, 0.2) is 0 Å². The molecule has 142 valence electrons. The fraction of sp³-hybridized carbons (Fsp3) is 0.667. The van der Waals surface area contributed by atoms with Gasteiger partial charge in [-0.15, -0.1) is 0 Å². The maximum Gasteiger partial charge on any atom is 0.233 e. The lowest BCUT2D eigenvalue weighted by Gasteiger charge is -2.34. The first-order valence-electron chi connectivity index (χ1n) is 9.99. The van der Waals surface area contributed by atoms with E-state index in [2.05, 4.69) is 29.0 Å². The molecule has 0 radical (unpaired) electrons. The van der Waals surface area contributed by atoms with Crippen molar-refractivity contribution in [1.29, 1.82) is 0 Å². The molecule has 26 heavy (non-hydrogen) atoms. The number of rotatable bonds is 5. The van der Waals surface area contributed by atoms with E-state index in [9.17, 15) is 9.90 Å². The van der Waals surface area contributed by atoms with Gasteiger partial charge in [-0.2, -0.15) is 0 Å². The third-order valence-electron chi connectivity index (χ3n) is 6.67. The standard InChI is InChI=1S/C21H31N3O2/c1-22-9-11-23(12-10-22)13-17-14-24(15-18(17)16-25)20(26)21(7-8-21)19-5-3-2-4-6-19/h2-6,17-18,25H,7-16H2,1H3. The summed E-state index contributed by atoms with van der Waals surface area (Å²) in [6, 6.07) is 10.2. The number of nitrogens with zero attached hydrogens (tertiary/aromatic N) is 3. The van der Waals surface area contributed by atoms with Gasteiger partial charge < -0.3 is 19.8 Å². The normalized spacial score (nSPS) is 29.1. The molecule has 1 saturated carbocycles. The van der Waals surface area contributed by atoms with Crippen molar-refractivity contribution in [3.63, 3.8) is 0 Å². The van der Waals surface area contributed by atoms with Gasteiger partial charge >= 0.3 is 0 Å². The highest BCUT2D eigenvalue weighted by atomic mass is 16.3. The minimum absolute atomic E-state index is 0.181. The maximum atomic E-state index is 13.3. The minimum atomic E-state index is -0.288. The topological polar surface area (TPSA) is 47.0 Å². The Morgan fingerprint density at radius 1 is 1.08 bits per heavy atom. The molecule has 1 aliphatic carbocycles. The van der Waals surface area contributed by atoms with Gasteiger partial charge in [0.05, 0.1) is 5.41 Å². The molecule has 2 aliphatic heterocycles. The molecule has 4 rings (SSSR count). The van der Waals surface area contributed by atoms with Crippen molar-refractivity contribution in [3.8, 4) is 0 Å². The first kappa shape index (κ1) is 18.0. The molecule has 3 aliphatic rings. The van der Waals surface area contributed by atoms with Gasteiger partial charge in [-0.3, -0.25) is 4.79 Å². The lowest BCUT2D eigenvalue weighted by molar-refractivity contribution is -0.133. The van der Waals surface area contributed by atoms with E-state index < -0.39 is 0 Å². The van der Waals surface area contributed by atoms with Crippen LogP contribution in [0.15, 0.2) is 30.3 Å². The Morgan fingerprint density at radius 2 is 1.73 bits per heavy atom. The van der Waals surface area contributed by atoms with E-state index in [0.29, 0.717) is 12.5 Å². The van der Waals surface area contributed by atoms with Gasteiger partial charge in [0.2, 0.25) is 5.91 Å². The van der Waals surface area contributed by atoms with Crippen molar-refractivity contribution in [2.45, 2.75) is 18.3 Å². The summed E-state index contributed by atoms with van der Waals surface area (Å²) < 4.78 is 0. The second kappa shape index (κ2) is 7.29. The Hall–Kier alpha value is -1.43. The number of likely N-dealkylation sites (tertiary alicyclic amines) is 1. The molecule has 2 atom stereocenters. The van der Waals surface area contributed by atoms with Gasteiger partial charge in [-0.1, -0.05) is 30.3 Å². The smallest absolute Gasteiger partial charge is 0.233 e. The van der Waals surface area contributed by atoms with E-state index in [-0.39, 0.29) is 23.8 Å². The van der Waals surface area contributed by atoms with E-state index in [1.807, 2.05) is 23.1 Å². The molecule has 0 bridgehead atoms. The molecule has 0 spiro atoms. The molecule has 0 aromatic heterocycles. The molecule has 5 heteroatoms. The predicted molar refractivity (Wildman–Crippen MR) is 102 cm³/mol. The first-order valence-corrected chi connectivity index (χ1v) is 9.99. The van der Waals surface area contributed by atoms with Crippen LogP contribution in [-0.2, 0) is 10.2 Å². The number of hydrogen-bond donors (Lipinski definition) is 1. The second-order valence-electron chi connectivity index (χ2n) is 8.46. The number of aliphatic hydroxyl groups excluding tert-OH is 1. The summed E-state index contributed by atoms with van der Waals surface area (Å²) in [4.78, 5) is 20.2. The van der Waals surface area contributed by atoms with Crippen LogP contribution in [0.3, 0.4) is 0 Å². The van der Waals surface area contributed by atoms with Crippen molar-refractivity contribution in [3.05, 3.63) is 35.9 Å². The highest BCUT2D eigenvalue weighted by molar-refractivity contribution is 5.91. The Labute approximate surface area is 156 Å². The van der Waals surface area contributed by atoms with E-state index in [4.69, 9.17) is 0 Å². The third kappa shape index (κ3) is 3.40. The van der Waals surface area contributed by atoms with E-state index in [0.717, 1.165) is 57.7 Å². The summed E-state index contributed by atoms with van der Waals surface area (Å²) in [5.74, 6) is 0.882. The van der Waals surface area contributed by atoms with Crippen LogP contribution in [0.4, 0.5) is 0 Å². The quantitative estimate of drug-likeness (QED) is 0.855. The minimum Gasteiger partial charge on any atom is -0.396 e. The van der Waals surface area contributed by atoms with E-state index in [1.165, 1.54) is 0 Å². The highest BCUT2D eigenvalue weighted by Crippen LogP contribution is 2.50. The second-order valence-corrected chi connectivity index (χ2v) is 8.46. The van der Waals surface area contributed by atoms with Gasteiger partial charge in [0, 0.05) is 58.3 Å². The zero-order valence-corrected chi connectivity index (χ0v) is 15.8. The van der Waals surface area contributed by atoms with Crippen LogP contribution in [-0.4, -0.2) is 85.2 Å². The molecule has 2 unspecified atom stereocenters. The van der Waals surface area contributed by atoms with Crippen LogP contribution in [0.25, 0.3) is 0 Å². The van der Waals surface area contributed by atoms with Crippen LogP contribution in [0.5, 0.6) is 0 Å². The van der Waals surface area contributed by atoms with Crippen LogP contribution in [0.2, 0.25) is 0 Å². The molecule has 3 fully saturated rings. The lowest BCUT2D eigenvalue weighted by Crippen LogP contribution is -2.47. The fourth-order valence-corrected chi connectivity index (χ4v) is 4.69. The van der Waals surface area contributed by atoms with E-state index in [1.54, 1.807) is 0 Å². The zero-order valence-electron chi connectivity index (χ0n) is 15.8. The summed E-state index contributed by atoms with van der Waals surface area (Å²) in [6.07, 6.45) is 1.92. The third-order valence-corrected chi connectivity index (χ3v) is 6.67. The summed E-state index contributed by atoms with van der Waals surface area (Å²) in [5.41, 5.74) is 0.873. The Kier molecular flexibility index (Phi) is 5.04. The van der Waals surface area contributed by atoms with Crippen LogP contribution >= 0.6 is 0 Å². The molecule has 1 amide bonds. The fourth-order valence-electron chi connectivity index (χ4n) is 4.69. The van der Waals surface area contributed by atoms with Crippen molar-refractivity contribution in [1.82, 2.24) is 14.7 Å². The number of carbonyl (C=O) groups excluding carboxylic acids is 1. The molecular weight excluding hydrogens is 326 g/mol.